The molecule has 0 saturated carbocycles. The van der Waals surface area contributed by atoms with E-state index in [1.165, 1.54) is 11.8 Å². The summed E-state index contributed by atoms with van der Waals surface area (Å²) in [4.78, 5) is 14.2. The summed E-state index contributed by atoms with van der Waals surface area (Å²) in [7, 11) is 0. The van der Waals surface area contributed by atoms with Crippen molar-refractivity contribution in [2.75, 3.05) is 5.75 Å². The molecule has 0 atom stereocenters. The standard InChI is InChI=1S/C13H25N5OS/c1-9(2)7-17-13(14-15-16-17)20-8-12(19)18(10(3)4)11(5)6/h9-11H,7-8H2,1-6H3. The van der Waals surface area contributed by atoms with E-state index in [-0.39, 0.29) is 18.0 Å². The van der Waals surface area contributed by atoms with Crippen LogP contribution in [-0.4, -0.2) is 48.9 Å². The second-order valence-corrected chi connectivity index (χ2v) is 6.76. The van der Waals surface area contributed by atoms with E-state index in [0.29, 0.717) is 16.8 Å². The van der Waals surface area contributed by atoms with Gasteiger partial charge in [-0.15, -0.1) is 5.10 Å². The topological polar surface area (TPSA) is 63.9 Å². The molecule has 1 aromatic heterocycles. The molecule has 1 heterocycles. The first kappa shape index (κ1) is 16.9. The number of carbonyl (C=O) groups is 1. The Labute approximate surface area is 125 Å². The van der Waals surface area contributed by atoms with E-state index >= 15 is 0 Å². The SMILES string of the molecule is CC(C)Cn1nnnc1SCC(=O)N(C(C)C)C(C)C. The van der Waals surface area contributed by atoms with Crippen molar-refractivity contribution >= 4 is 17.7 Å². The lowest BCUT2D eigenvalue weighted by Crippen LogP contribution is -2.43. The van der Waals surface area contributed by atoms with Crippen molar-refractivity contribution in [2.45, 2.75) is 65.3 Å². The maximum atomic E-state index is 12.3. The van der Waals surface area contributed by atoms with E-state index in [1.807, 2.05) is 32.6 Å². The fourth-order valence-electron chi connectivity index (χ4n) is 2.13. The Bertz CT molecular complexity index is 422. The Hall–Kier alpha value is -1.11. The van der Waals surface area contributed by atoms with Gasteiger partial charge in [0.05, 0.1) is 5.75 Å². The molecule has 20 heavy (non-hydrogen) atoms. The molecule has 6 nitrogen and oxygen atoms in total. The van der Waals surface area contributed by atoms with Gasteiger partial charge in [-0.3, -0.25) is 4.79 Å². The van der Waals surface area contributed by atoms with Crippen molar-refractivity contribution in [2.24, 2.45) is 5.92 Å². The Morgan fingerprint density at radius 1 is 1.20 bits per heavy atom. The first-order valence-electron chi connectivity index (χ1n) is 7.03. The minimum Gasteiger partial charge on any atom is -0.337 e. The largest absolute Gasteiger partial charge is 0.337 e. The number of carbonyl (C=O) groups excluding carboxylic acids is 1. The van der Waals surface area contributed by atoms with Gasteiger partial charge in [0.15, 0.2) is 0 Å². The summed E-state index contributed by atoms with van der Waals surface area (Å²) < 4.78 is 1.76. The zero-order valence-electron chi connectivity index (χ0n) is 13.2. The van der Waals surface area contributed by atoms with E-state index in [0.717, 1.165) is 6.54 Å². The fraction of sp³-hybridized carbons (Fsp3) is 0.846. The number of thioether (sulfide) groups is 1. The molecule has 0 spiro atoms. The summed E-state index contributed by atoms with van der Waals surface area (Å²) in [6.45, 7) is 13.1. The molecule has 0 aliphatic carbocycles. The lowest BCUT2D eigenvalue weighted by atomic mass is 10.2. The van der Waals surface area contributed by atoms with Gasteiger partial charge in [-0.05, 0) is 44.0 Å². The van der Waals surface area contributed by atoms with Gasteiger partial charge in [0.1, 0.15) is 0 Å². The number of rotatable bonds is 7. The van der Waals surface area contributed by atoms with Crippen LogP contribution in [0.25, 0.3) is 0 Å². The second kappa shape index (κ2) is 7.61. The van der Waals surface area contributed by atoms with Crippen molar-refractivity contribution in [3.05, 3.63) is 0 Å². The average molecular weight is 299 g/mol. The number of amides is 1. The van der Waals surface area contributed by atoms with Crippen LogP contribution >= 0.6 is 11.8 Å². The molecule has 0 bridgehead atoms. The predicted molar refractivity (Wildman–Crippen MR) is 80.5 cm³/mol. The maximum Gasteiger partial charge on any atom is 0.233 e. The van der Waals surface area contributed by atoms with Gasteiger partial charge < -0.3 is 4.90 Å². The monoisotopic (exact) mass is 299 g/mol. The molecule has 0 saturated heterocycles. The van der Waals surface area contributed by atoms with Gasteiger partial charge in [0.2, 0.25) is 11.1 Å². The molecule has 0 aromatic carbocycles. The minimum atomic E-state index is 0.124. The fourth-order valence-corrected chi connectivity index (χ4v) is 2.89. The first-order chi connectivity index (χ1) is 9.32. The van der Waals surface area contributed by atoms with Crippen molar-refractivity contribution in [1.29, 1.82) is 0 Å². The Morgan fingerprint density at radius 2 is 1.80 bits per heavy atom. The molecule has 0 aliphatic rings. The van der Waals surface area contributed by atoms with Crippen molar-refractivity contribution in [3.63, 3.8) is 0 Å². The summed E-state index contributed by atoms with van der Waals surface area (Å²) in [5.74, 6) is 0.963. The van der Waals surface area contributed by atoms with E-state index < -0.39 is 0 Å². The predicted octanol–water partition coefficient (Wildman–Crippen LogP) is 2.07. The quantitative estimate of drug-likeness (QED) is 0.721. The van der Waals surface area contributed by atoms with Gasteiger partial charge in [-0.25, -0.2) is 4.68 Å². The summed E-state index contributed by atoms with van der Waals surface area (Å²) in [6.07, 6.45) is 0. The molecule has 1 rings (SSSR count). The first-order valence-corrected chi connectivity index (χ1v) is 8.01. The zero-order valence-corrected chi connectivity index (χ0v) is 14.0. The summed E-state index contributed by atoms with van der Waals surface area (Å²) in [5, 5.41) is 12.3. The van der Waals surface area contributed by atoms with Crippen LogP contribution in [-0.2, 0) is 11.3 Å². The number of hydrogen-bond donors (Lipinski definition) is 0. The highest BCUT2D eigenvalue weighted by Gasteiger charge is 2.21. The molecule has 0 radical (unpaired) electrons. The van der Waals surface area contributed by atoms with Crippen LogP contribution in [0.5, 0.6) is 0 Å². The Morgan fingerprint density at radius 3 is 2.30 bits per heavy atom. The van der Waals surface area contributed by atoms with E-state index in [2.05, 4.69) is 29.4 Å². The highest BCUT2D eigenvalue weighted by molar-refractivity contribution is 7.99. The molecular formula is C13H25N5OS. The van der Waals surface area contributed by atoms with Crippen LogP contribution in [0.4, 0.5) is 0 Å². The zero-order chi connectivity index (χ0) is 15.3. The van der Waals surface area contributed by atoms with Crippen LogP contribution in [0.15, 0.2) is 5.16 Å². The van der Waals surface area contributed by atoms with Crippen LogP contribution in [0.1, 0.15) is 41.5 Å². The number of hydrogen-bond acceptors (Lipinski definition) is 5. The smallest absolute Gasteiger partial charge is 0.233 e. The molecule has 0 N–H and O–H groups in total. The van der Waals surface area contributed by atoms with E-state index in [1.54, 1.807) is 4.68 Å². The highest BCUT2D eigenvalue weighted by Crippen LogP contribution is 2.17. The summed E-state index contributed by atoms with van der Waals surface area (Å²) >= 11 is 1.40. The molecule has 0 aliphatic heterocycles. The molecule has 7 heteroatoms. The van der Waals surface area contributed by atoms with Gasteiger partial charge in [-0.1, -0.05) is 25.6 Å². The van der Waals surface area contributed by atoms with Crippen molar-refractivity contribution < 1.29 is 4.79 Å². The molecular weight excluding hydrogens is 274 g/mol. The van der Waals surface area contributed by atoms with Crippen molar-refractivity contribution in [3.8, 4) is 0 Å². The molecule has 1 amide bonds. The lowest BCUT2D eigenvalue weighted by Gasteiger charge is -2.30. The van der Waals surface area contributed by atoms with Crippen LogP contribution in [0.2, 0.25) is 0 Å². The number of aromatic nitrogens is 4. The summed E-state index contributed by atoms with van der Waals surface area (Å²) in [5.41, 5.74) is 0. The van der Waals surface area contributed by atoms with Gasteiger partial charge in [-0.2, -0.15) is 0 Å². The van der Waals surface area contributed by atoms with Crippen LogP contribution in [0.3, 0.4) is 0 Å². The highest BCUT2D eigenvalue weighted by atomic mass is 32.2. The minimum absolute atomic E-state index is 0.124. The third-order valence-corrected chi connectivity index (χ3v) is 3.70. The van der Waals surface area contributed by atoms with Gasteiger partial charge in [0, 0.05) is 18.6 Å². The van der Waals surface area contributed by atoms with Gasteiger partial charge >= 0.3 is 0 Å². The molecule has 114 valence electrons. The molecule has 0 fully saturated rings. The molecule has 1 aromatic rings. The van der Waals surface area contributed by atoms with E-state index in [4.69, 9.17) is 0 Å². The number of tetrazole rings is 1. The maximum absolute atomic E-state index is 12.3. The lowest BCUT2D eigenvalue weighted by molar-refractivity contribution is -0.131. The van der Waals surface area contributed by atoms with Gasteiger partial charge in [0.25, 0.3) is 0 Å². The molecule has 0 unspecified atom stereocenters. The third-order valence-electron chi connectivity index (χ3n) is 2.76. The Kier molecular flexibility index (Phi) is 6.45. The normalized spacial score (nSPS) is 11.7. The number of nitrogens with zero attached hydrogens (tertiary/aromatic N) is 5. The van der Waals surface area contributed by atoms with Crippen molar-refractivity contribution in [1.82, 2.24) is 25.1 Å². The second-order valence-electron chi connectivity index (χ2n) is 5.81. The van der Waals surface area contributed by atoms with E-state index in [9.17, 15) is 4.79 Å². The summed E-state index contributed by atoms with van der Waals surface area (Å²) in [6, 6.07) is 0.407. The average Bonchev–Trinajstić information content (AvgIpc) is 2.71. The van der Waals surface area contributed by atoms with Crippen LogP contribution in [0, 0.1) is 5.92 Å². The third kappa shape index (κ3) is 4.77. The van der Waals surface area contributed by atoms with Crippen LogP contribution < -0.4 is 0 Å². The Balaban J connectivity index is 2.63.